The van der Waals surface area contributed by atoms with Crippen LogP contribution in [0.15, 0.2) is 36.9 Å². The van der Waals surface area contributed by atoms with E-state index in [0.29, 0.717) is 19.3 Å². The van der Waals surface area contributed by atoms with Crippen molar-refractivity contribution >= 4 is 5.91 Å². The Hall–Kier alpha value is -2.85. The molecule has 2 heterocycles. The summed E-state index contributed by atoms with van der Waals surface area (Å²) in [6.07, 6.45) is 4.76. The number of fused-ring (bicyclic) bond motifs is 1. The number of hydrazine groups is 1. The van der Waals surface area contributed by atoms with E-state index in [9.17, 15) is 14.9 Å². The van der Waals surface area contributed by atoms with E-state index in [4.69, 9.17) is 0 Å². The topological polar surface area (TPSA) is 127 Å². The monoisotopic (exact) mass is 385 g/mol. The molecule has 1 saturated carbocycles. The standard InChI is InChI=1S/C18H23N7O3/c1-11(12-2-4-13(5-3-12)24-10-19-9-20-24)21-18(26)17-15-8-14(25(27)28)6-7-16(15)22-23-17/h2-5,9-11,14-17,22-23H,6-8H2,1H3,(H,21,26). The van der Waals surface area contributed by atoms with Crippen molar-refractivity contribution in [2.75, 3.05) is 0 Å². The lowest BCUT2D eigenvalue weighted by Crippen LogP contribution is -2.47. The molecule has 1 aliphatic heterocycles. The zero-order valence-corrected chi connectivity index (χ0v) is 15.5. The highest BCUT2D eigenvalue weighted by atomic mass is 16.6. The number of aromatic nitrogens is 3. The van der Waals surface area contributed by atoms with E-state index >= 15 is 0 Å². The number of amides is 1. The average Bonchev–Trinajstić information content (AvgIpc) is 3.37. The van der Waals surface area contributed by atoms with Crippen LogP contribution in [0.3, 0.4) is 0 Å². The van der Waals surface area contributed by atoms with Gasteiger partial charge in [0.25, 0.3) is 0 Å². The molecule has 2 fully saturated rings. The summed E-state index contributed by atoms with van der Waals surface area (Å²) < 4.78 is 1.66. The van der Waals surface area contributed by atoms with Crippen LogP contribution in [0.25, 0.3) is 5.69 Å². The number of nitro groups is 1. The second kappa shape index (κ2) is 7.64. The third-order valence-corrected chi connectivity index (χ3v) is 5.74. The molecule has 28 heavy (non-hydrogen) atoms. The summed E-state index contributed by atoms with van der Waals surface area (Å²) in [6.45, 7) is 1.92. The van der Waals surface area contributed by atoms with Gasteiger partial charge in [-0.3, -0.25) is 20.3 Å². The molecule has 1 aromatic carbocycles. The molecule has 148 valence electrons. The first-order chi connectivity index (χ1) is 13.5. The molecule has 10 nitrogen and oxygen atoms in total. The highest BCUT2D eigenvalue weighted by Crippen LogP contribution is 2.32. The molecule has 0 bridgehead atoms. The molecule has 4 rings (SSSR count). The predicted molar refractivity (Wildman–Crippen MR) is 99.9 cm³/mol. The minimum absolute atomic E-state index is 0.0777. The minimum atomic E-state index is -0.569. The van der Waals surface area contributed by atoms with E-state index in [1.165, 1.54) is 6.33 Å². The lowest BCUT2D eigenvalue weighted by Gasteiger charge is -2.29. The van der Waals surface area contributed by atoms with Crippen molar-refractivity contribution < 1.29 is 9.72 Å². The van der Waals surface area contributed by atoms with Gasteiger partial charge in [0, 0.05) is 29.7 Å². The van der Waals surface area contributed by atoms with E-state index in [0.717, 1.165) is 11.3 Å². The molecule has 1 saturated heterocycles. The zero-order valence-electron chi connectivity index (χ0n) is 15.5. The number of carbonyl (C=O) groups is 1. The molecule has 2 aliphatic rings. The number of benzene rings is 1. The van der Waals surface area contributed by atoms with Crippen molar-refractivity contribution in [3.63, 3.8) is 0 Å². The Morgan fingerprint density at radius 3 is 2.79 bits per heavy atom. The van der Waals surface area contributed by atoms with Gasteiger partial charge in [0.05, 0.1) is 11.7 Å². The fourth-order valence-electron chi connectivity index (χ4n) is 4.13. The summed E-state index contributed by atoms with van der Waals surface area (Å²) in [4.78, 5) is 27.7. The van der Waals surface area contributed by atoms with Gasteiger partial charge in [-0.25, -0.2) is 15.1 Å². The minimum Gasteiger partial charge on any atom is -0.348 e. The lowest BCUT2D eigenvalue weighted by molar-refractivity contribution is -0.528. The van der Waals surface area contributed by atoms with E-state index < -0.39 is 12.1 Å². The molecular formula is C18H23N7O3. The van der Waals surface area contributed by atoms with E-state index in [2.05, 4.69) is 26.3 Å². The van der Waals surface area contributed by atoms with Gasteiger partial charge in [0.2, 0.25) is 11.9 Å². The van der Waals surface area contributed by atoms with Gasteiger partial charge in [0.15, 0.2) is 0 Å². The number of nitrogens with one attached hydrogen (secondary N) is 3. The van der Waals surface area contributed by atoms with Crippen LogP contribution in [-0.4, -0.2) is 43.7 Å². The van der Waals surface area contributed by atoms with Crippen molar-refractivity contribution in [1.29, 1.82) is 0 Å². The van der Waals surface area contributed by atoms with Gasteiger partial charge in [-0.15, -0.1) is 0 Å². The second-order valence-electron chi connectivity index (χ2n) is 7.45. The van der Waals surface area contributed by atoms with Crippen molar-refractivity contribution in [1.82, 2.24) is 30.9 Å². The molecular weight excluding hydrogens is 362 g/mol. The summed E-state index contributed by atoms with van der Waals surface area (Å²) in [5.41, 5.74) is 8.03. The summed E-state index contributed by atoms with van der Waals surface area (Å²) in [6, 6.07) is 6.59. The van der Waals surface area contributed by atoms with Crippen LogP contribution >= 0.6 is 0 Å². The van der Waals surface area contributed by atoms with Crippen LogP contribution in [0.5, 0.6) is 0 Å². The maximum Gasteiger partial charge on any atom is 0.239 e. The van der Waals surface area contributed by atoms with Crippen LogP contribution in [0.1, 0.15) is 37.8 Å². The van der Waals surface area contributed by atoms with Crippen LogP contribution in [0.2, 0.25) is 0 Å². The van der Waals surface area contributed by atoms with E-state index in [1.54, 1.807) is 11.0 Å². The Morgan fingerprint density at radius 1 is 1.32 bits per heavy atom. The normalized spacial score (nSPS) is 27.8. The maximum atomic E-state index is 12.8. The first-order valence-corrected chi connectivity index (χ1v) is 9.43. The third-order valence-electron chi connectivity index (χ3n) is 5.74. The van der Waals surface area contributed by atoms with E-state index in [1.807, 2.05) is 31.2 Å². The second-order valence-corrected chi connectivity index (χ2v) is 7.45. The van der Waals surface area contributed by atoms with Crippen LogP contribution in [-0.2, 0) is 4.79 Å². The van der Waals surface area contributed by atoms with Crippen LogP contribution in [0, 0.1) is 16.0 Å². The average molecular weight is 385 g/mol. The Labute approximate surface area is 161 Å². The summed E-state index contributed by atoms with van der Waals surface area (Å²) in [5.74, 6) is -0.220. The lowest BCUT2D eigenvalue weighted by atomic mass is 9.79. The molecule has 10 heteroatoms. The molecule has 1 amide bonds. The van der Waals surface area contributed by atoms with Crippen LogP contribution in [0.4, 0.5) is 0 Å². The highest BCUT2D eigenvalue weighted by Gasteiger charge is 2.46. The zero-order chi connectivity index (χ0) is 19.7. The fraction of sp³-hybridized carbons (Fsp3) is 0.500. The maximum absolute atomic E-state index is 12.8. The molecule has 2 aromatic rings. The first kappa shape index (κ1) is 18.5. The first-order valence-electron chi connectivity index (χ1n) is 9.43. The molecule has 0 spiro atoms. The van der Waals surface area contributed by atoms with Crippen LogP contribution < -0.4 is 16.2 Å². The molecule has 5 atom stereocenters. The summed E-state index contributed by atoms with van der Waals surface area (Å²) in [7, 11) is 0. The third kappa shape index (κ3) is 3.60. The fourth-order valence-corrected chi connectivity index (χ4v) is 4.13. The number of rotatable bonds is 5. The molecule has 1 aliphatic carbocycles. The molecule has 1 aromatic heterocycles. The highest BCUT2D eigenvalue weighted by molar-refractivity contribution is 5.83. The number of nitrogens with zero attached hydrogens (tertiary/aromatic N) is 4. The Morgan fingerprint density at radius 2 is 2.11 bits per heavy atom. The molecule has 0 radical (unpaired) electrons. The number of hydrogen-bond donors (Lipinski definition) is 3. The number of carbonyl (C=O) groups excluding carboxylic acids is 1. The van der Waals surface area contributed by atoms with Gasteiger partial charge < -0.3 is 5.32 Å². The predicted octanol–water partition coefficient (Wildman–Crippen LogP) is 0.735. The Bertz CT molecular complexity index is 839. The van der Waals surface area contributed by atoms with Gasteiger partial charge >= 0.3 is 0 Å². The number of hydrogen-bond acceptors (Lipinski definition) is 7. The summed E-state index contributed by atoms with van der Waals surface area (Å²) >= 11 is 0. The van der Waals surface area contributed by atoms with Gasteiger partial charge in [-0.2, -0.15) is 5.10 Å². The van der Waals surface area contributed by atoms with E-state index in [-0.39, 0.29) is 28.8 Å². The van der Waals surface area contributed by atoms with Crippen molar-refractivity contribution in [2.45, 2.75) is 50.4 Å². The van der Waals surface area contributed by atoms with Crippen molar-refractivity contribution in [2.24, 2.45) is 5.92 Å². The smallest absolute Gasteiger partial charge is 0.239 e. The van der Waals surface area contributed by atoms with Crippen molar-refractivity contribution in [3.8, 4) is 5.69 Å². The largest absolute Gasteiger partial charge is 0.348 e. The Kier molecular flexibility index (Phi) is 5.05. The molecule has 5 unspecified atom stereocenters. The van der Waals surface area contributed by atoms with Gasteiger partial charge in [0.1, 0.15) is 18.7 Å². The quantitative estimate of drug-likeness (QED) is 0.511. The molecule has 3 N–H and O–H groups in total. The van der Waals surface area contributed by atoms with Crippen molar-refractivity contribution in [3.05, 3.63) is 52.6 Å². The Balaban J connectivity index is 1.39. The SMILES string of the molecule is CC(NC(=O)C1NNC2CCC([N+](=O)[O-])CC21)c1ccc(-n2cncn2)cc1. The summed E-state index contributed by atoms with van der Waals surface area (Å²) in [5, 5.41) is 18.3. The van der Waals surface area contributed by atoms with Gasteiger partial charge in [-0.1, -0.05) is 12.1 Å². The van der Waals surface area contributed by atoms with Gasteiger partial charge in [-0.05, 0) is 31.0 Å².